The standard InChI is InChI=1S/C16H12Cl3N3O4/c1-16(2)15(23)21(7-8-9(17)3-4-10(18)13(8)19)14-11(26-16)5-6-12(20-14)22(24)25/h3-6H,7H2,1-2H3. The third-order valence-electron chi connectivity index (χ3n) is 3.85. The summed E-state index contributed by atoms with van der Waals surface area (Å²) in [5.41, 5.74) is -0.784. The second-order valence-electron chi connectivity index (χ2n) is 6.07. The van der Waals surface area contributed by atoms with E-state index in [0.29, 0.717) is 10.6 Å². The van der Waals surface area contributed by atoms with Crippen LogP contribution in [0, 0.1) is 10.1 Å². The Hall–Kier alpha value is -2.09. The van der Waals surface area contributed by atoms with Crippen LogP contribution in [-0.4, -0.2) is 21.4 Å². The molecule has 1 amide bonds. The molecule has 0 fully saturated rings. The maximum absolute atomic E-state index is 12.9. The van der Waals surface area contributed by atoms with Gasteiger partial charge in [0.1, 0.15) is 0 Å². The lowest BCUT2D eigenvalue weighted by atomic mass is 10.0. The average Bonchev–Trinajstić information content (AvgIpc) is 2.57. The molecule has 3 rings (SSSR count). The van der Waals surface area contributed by atoms with Crippen molar-refractivity contribution in [2.24, 2.45) is 0 Å². The topological polar surface area (TPSA) is 85.6 Å². The molecule has 0 unspecified atom stereocenters. The lowest BCUT2D eigenvalue weighted by Crippen LogP contribution is -2.52. The van der Waals surface area contributed by atoms with Gasteiger partial charge in [-0.15, -0.1) is 0 Å². The molecule has 7 nitrogen and oxygen atoms in total. The number of benzene rings is 1. The van der Waals surface area contributed by atoms with E-state index in [1.54, 1.807) is 19.9 Å². The van der Waals surface area contributed by atoms with E-state index in [1.165, 1.54) is 23.1 Å². The van der Waals surface area contributed by atoms with Crippen molar-refractivity contribution >= 4 is 52.3 Å². The summed E-state index contributed by atoms with van der Waals surface area (Å²) < 4.78 is 5.65. The predicted molar refractivity (Wildman–Crippen MR) is 98.3 cm³/mol. The zero-order chi connectivity index (χ0) is 19.2. The van der Waals surface area contributed by atoms with E-state index in [0.717, 1.165) is 0 Å². The van der Waals surface area contributed by atoms with Crippen LogP contribution in [0.1, 0.15) is 19.4 Å². The van der Waals surface area contributed by atoms with E-state index in [1.807, 2.05) is 0 Å². The molecular formula is C16H12Cl3N3O4. The molecule has 2 aromatic rings. The highest BCUT2D eigenvalue weighted by Gasteiger charge is 2.44. The Morgan fingerprint density at radius 3 is 2.50 bits per heavy atom. The largest absolute Gasteiger partial charge is 0.472 e. The van der Waals surface area contributed by atoms with Gasteiger partial charge in [-0.05, 0) is 42.0 Å². The van der Waals surface area contributed by atoms with Crippen LogP contribution in [0.2, 0.25) is 15.1 Å². The van der Waals surface area contributed by atoms with Crippen LogP contribution in [0.4, 0.5) is 11.6 Å². The van der Waals surface area contributed by atoms with E-state index < -0.39 is 22.2 Å². The van der Waals surface area contributed by atoms with Crippen molar-refractivity contribution in [1.29, 1.82) is 0 Å². The summed E-state index contributed by atoms with van der Waals surface area (Å²) in [6.45, 7) is 3.12. The molecule has 2 heterocycles. The highest BCUT2D eigenvalue weighted by Crippen LogP contribution is 2.40. The maximum Gasteiger partial charge on any atom is 0.366 e. The molecule has 10 heteroatoms. The van der Waals surface area contributed by atoms with Gasteiger partial charge in [0, 0.05) is 16.7 Å². The number of rotatable bonds is 3. The fourth-order valence-corrected chi connectivity index (χ4v) is 3.23. The average molecular weight is 417 g/mol. The minimum absolute atomic E-state index is 0.0237. The summed E-state index contributed by atoms with van der Waals surface area (Å²) in [6, 6.07) is 5.71. The molecule has 0 saturated carbocycles. The fourth-order valence-electron chi connectivity index (χ4n) is 2.56. The van der Waals surface area contributed by atoms with E-state index in [4.69, 9.17) is 39.5 Å². The molecule has 0 bridgehead atoms. The summed E-state index contributed by atoms with van der Waals surface area (Å²) in [6.07, 6.45) is 0. The van der Waals surface area contributed by atoms with Gasteiger partial charge >= 0.3 is 5.82 Å². The van der Waals surface area contributed by atoms with Gasteiger partial charge in [-0.2, -0.15) is 0 Å². The molecule has 0 N–H and O–H groups in total. The van der Waals surface area contributed by atoms with Crippen molar-refractivity contribution in [3.63, 3.8) is 0 Å². The molecule has 0 radical (unpaired) electrons. The maximum atomic E-state index is 12.9. The number of halogens is 3. The van der Waals surface area contributed by atoms with Crippen LogP contribution in [0.3, 0.4) is 0 Å². The number of ether oxygens (including phenoxy) is 1. The van der Waals surface area contributed by atoms with Gasteiger partial charge in [-0.3, -0.25) is 9.69 Å². The van der Waals surface area contributed by atoms with E-state index in [-0.39, 0.29) is 28.2 Å². The Labute approximate surface area is 163 Å². The summed E-state index contributed by atoms with van der Waals surface area (Å²) in [4.78, 5) is 28.5. The molecule has 1 aliphatic heterocycles. The van der Waals surface area contributed by atoms with Crippen LogP contribution in [0.25, 0.3) is 0 Å². The highest BCUT2D eigenvalue weighted by molar-refractivity contribution is 6.44. The smallest absolute Gasteiger partial charge is 0.366 e. The number of hydrogen-bond donors (Lipinski definition) is 0. The molecule has 136 valence electrons. The molecule has 0 atom stereocenters. The Balaban J connectivity index is 2.14. The molecule has 0 aliphatic carbocycles. The number of anilines is 1. The molecule has 0 saturated heterocycles. The molecule has 26 heavy (non-hydrogen) atoms. The second-order valence-corrected chi connectivity index (χ2v) is 7.27. The number of nitrogens with zero attached hydrogens (tertiary/aromatic N) is 3. The molecule has 1 aromatic heterocycles. The second kappa shape index (κ2) is 6.57. The van der Waals surface area contributed by atoms with Crippen LogP contribution >= 0.6 is 34.8 Å². The summed E-state index contributed by atoms with van der Waals surface area (Å²) in [5.74, 6) is -0.580. The third kappa shape index (κ3) is 3.18. The Kier molecular flexibility index (Phi) is 4.72. The quantitative estimate of drug-likeness (QED) is 0.413. The Morgan fingerprint density at radius 2 is 1.85 bits per heavy atom. The van der Waals surface area contributed by atoms with Crippen molar-refractivity contribution in [2.45, 2.75) is 26.0 Å². The van der Waals surface area contributed by atoms with E-state index in [2.05, 4.69) is 4.98 Å². The number of carbonyl (C=O) groups is 1. The van der Waals surface area contributed by atoms with Crippen LogP contribution < -0.4 is 9.64 Å². The van der Waals surface area contributed by atoms with Gasteiger partial charge in [0.2, 0.25) is 0 Å². The number of nitro groups is 1. The van der Waals surface area contributed by atoms with Gasteiger partial charge in [0.15, 0.2) is 11.4 Å². The van der Waals surface area contributed by atoms with Crippen LogP contribution in [0.15, 0.2) is 24.3 Å². The fraction of sp³-hybridized carbons (Fsp3) is 0.250. The molecule has 1 aromatic carbocycles. The molecule has 1 aliphatic rings. The van der Waals surface area contributed by atoms with Crippen LogP contribution in [-0.2, 0) is 11.3 Å². The first-order valence-electron chi connectivity index (χ1n) is 7.40. The minimum atomic E-state index is -1.19. The number of pyridine rings is 1. The zero-order valence-corrected chi connectivity index (χ0v) is 15.9. The molecular weight excluding hydrogens is 405 g/mol. The molecule has 0 spiro atoms. The summed E-state index contributed by atoms with van der Waals surface area (Å²) >= 11 is 18.5. The Morgan fingerprint density at radius 1 is 1.19 bits per heavy atom. The normalized spacial score (nSPS) is 15.4. The highest BCUT2D eigenvalue weighted by atomic mass is 35.5. The van der Waals surface area contributed by atoms with E-state index in [9.17, 15) is 14.9 Å². The number of carbonyl (C=O) groups excluding carboxylic acids is 1. The van der Waals surface area contributed by atoms with Gasteiger partial charge in [-0.25, -0.2) is 0 Å². The van der Waals surface area contributed by atoms with Gasteiger partial charge in [0.05, 0.1) is 16.6 Å². The Bertz CT molecular complexity index is 933. The number of aromatic nitrogens is 1. The lowest BCUT2D eigenvalue weighted by molar-refractivity contribution is -0.389. The first-order valence-corrected chi connectivity index (χ1v) is 8.54. The van der Waals surface area contributed by atoms with Crippen molar-refractivity contribution in [1.82, 2.24) is 4.98 Å². The first-order chi connectivity index (χ1) is 12.1. The van der Waals surface area contributed by atoms with Crippen LogP contribution in [0.5, 0.6) is 5.75 Å². The van der Waals surface area contributed by atoms with E-state index >= 15 is 0 Å². The SMILES string of the molecule is CC1(C)Oc2ccc([N+](=O)[O-])nc2N(Cc2c(Cl)ccc(Cl)c2Cl)C1=O. The first kappa shape index (κ1) is 18.7. The lowest BCUT2D eigenvalue weighted by Gasteiger charge is -2.36. The third-order valence-corrected chi connectivity index (χ3v) is 5.05. The summed E-state index contributed by atoms with van der Waals surface area (Å²) in [7, 11) is 0. The van der Waals surface area contributed by atoms with Gasteiger partial charge < -0.3 is 14.9 Å². The van der Waals surface area contributed by atoms with Crippen molar-refractivity contribution in [3.05, 3.63) is 55.0 Å². The number of hydrogen-bond acceptors (Lipinski definition) is 5. The summed E-state index contributed by atoms with van der Waals surface area (Å²) in [5, 5.41) is 11.8. The minimum Gasteiger partial charge on any atom is -0.472 e. The number of amides is 1. The van der Waals surface area contributed by atoms with Crippen molar-refractivity contribution < 1.29 is 14.5 Å². The van der Waals surface area contributed by atoms with Crippen molar-refractivity contribution in [2.75, 3.05) is 4.90 Å². The van der Waals surface area contributed by atoms with Crippen molar-refractivity contribution in [3.8, 4) is 5.75 Å². The van der Waals surface area contributed by atoms with Gasteiger partial charge in [-0.1, -0.05) is 34.8 Å². The number of fused-ring (bicyclic) bond motifs is 1. The predicted octanol–water partition coefficient (Wildman–Crippen LogP) is 4.65. The monoisotopic (exact) mass is 415 g/mol. The van der Waals surface area contributed by atoms with Gasteiger partial charge in [0.25, 0.3) is 11.7 Å². The zero-order valence-electron chi connectivity index (χ0n) is 13.6.